The van der Waals surface area contributed by atoms with Crippen LogP contribution in [0.5, 0.6) is 0 Å². The summed E-state index contributed by atoms with van der Waals surface area (Å²) in [6.45, 7) is 0.712. The number of nitrogens with zero attached hydrogens (tertiary/aromatic N) is 1. The Kier molecular flexibility index (Phi) is 6.47. The molecule has 0 fully saturated rings. The maximum atomic E-state index is 11.5. The van der Waals surface area contributed by atoms with Gasteiger partial charge in [0, 0.05) is 23.8 Å². The van der Waals surface area contributed by atoms with Crippen LogP contribution in [0, 0.1) is 0 Å². The van der Waals surface area contributed by atoms with Gasteiger partial charge in [-0.15, -0.1) is 0 Å². The minimum Gasteiger partial charge on any atom is -0.396 e. The number of pyridine rings is 1. The summed E-state index contributed by atoms with van der Waals surface area (Å²) in [6.07, 6.45) is 3.24. The largest absolute Gasteiger partial charge is 0.396 e. The normalized spacial score (nSPS) is 10.3. The zero-order chi connectivity index (χ0) is 12.7. The minimum absolute atomic E-state index is 0.111. The van der Waals surface area contributed by atoms with Crippen LogP contribution in [-0.4, -0.2) is 29.1 Å². The number of unbranched alkanes of at least 4 members (excludes halogenated alkanes) is 1. The van der Waals surface area contributed by atoms with Gasteiger partial charge >= 0.3 is 0 Å². The number of amides is 1. The molecule has 1 rings (SSSR count). The number of hydrogen-bond acceptors (Lipinski definition) is 3. The number of aromatic nitrogens is 1. The number of hydrogen-bond donors (Lipinski definition) is 2. The van der Waals surface area contributed by atoms with Gasteiger partial charge in [-0.1, -0.05) is 11.6 Å². The Morgan fingerprint density at radius 2 is 2.29 bits per heavy atom. The van der Waals surface area contributed by atoms with Gasteiger partial charge in [0.2, 0.25) is 5.91 Å². The van der Waals surface area contributed by atoms with Crippen molar-refractivity contribution in [3.8, 4) is 0 Å². The van der Waals surface area contributed by atoms with E-state index >= 15 is 0 Å². The number of nitrogens with one attached hydrogen (secondary N) is 1. The molecule has 0 saturated carbocycles. The second kappa shape index (κ2) is 7.63. The van der Waals surface area contributed by atoms with E-state index in [-0.39, 0.29) is 18.9 Å². The van der Waals surface area contributed by atoms with Gasteiger partial charge in [0.25, 0.3) is 0 Å². The topological polar surface area (TPSA) is 62.2 Å². The highest BCUT2D eigenvalue weighted by Crippen LogP contribution is 2.19. The van der Waals surface area contributed by atoms with Crippen molar-refractivity contribution in [2.45, 2.75) is 19.3 Å². The molecule has 4 nitrogen and oxygen atoms in total. The van der Waals surface area contributed by atoms with Gasteiger partial charge in [-0.05, 0) is 34.8 Å². The summed E-state index contributed by atoms with van der Waals surface area (Å²) in [5.41, 5.74) is 0.564. The van der Waals surface area contributed by atoms with E-state index in [4.69, 9.17) is 16.7 Å². The van der Waals surface area contributed by atoms with Crippen LogP contribution >= 0.6 is 27.5 Å². The predicted molar refractivity (Wildman–Crippen MR) is 70.0 cm³/mol. The van der Waals surface area contributed by atoms with Gasteiger partial charge in [0.15, 0.2) is 0 Å². The molecule has 0 unspecified atom stereocenters. The molecule has 0 saturated heterocycles. The molecule has 0 atom stereocenters. The third-order valence-corrected chi connectivity index (χ3v) is 2.88. The van der Waals surface area contributed by atoms with Crippen molar-refractivity contribution in [1.82, 2.24) is 10.3 Å². The molecule has 2 N–H and O–H groups in total. The summed E-state index contributed by atoms with van der Waals surface area (Å²) in [7, 11) is 0. The van der Waals surface area contributed by atoms with Crippen molar-refractivity contribution < 1.29 is 9.90 Å². The second-order valence-electron chi connectivity index (χ2n) is 3.54. The maximum absolute atomic E-state index is 11.5. The van der Waals surface area contributed by atoms with Gasteiger partial charge in [0.1, 0.15) is 0 Å². The Labute approximate surface area is 114 Å². The molecule has 1 aromatic heterocycles. The molecule has 0 aliphatic carbocycles. The molecule has 0 aromatic carbocycles. The average Bonchev–Trinajstić information content (AvgIpc) is 2.28. The predicted octanol–water partition coefficient (Wildman–Crippen LogP) is 1.93. The van der Waals surface area contributed by atoms with Crippen molar-refractivity contribution in [1.29, 1.82) is 0 Å². The van der Waals surface area contributed by atoms with E-state index in [0.717, 1.165) is 10.9 Å². The van der Waals surface area contributed by atoms with Crippen LogP contribution in [0.1, 0.15) is 18.5 Å². The van der Waals surface area contributed by atoms with E-state index in [1.54, 1.807) is 12.3 Å². The quantitative estimate of drug-likeness (QED) is 0.787. The highest BCUT2D eigenvalue weighted by atomic mass is 79.9. The van der Waals surface area contributed by atoms with E-state index in [1.807, 2.05) is 0 Å². The summed E-state index contributed by atoms with van der Waals surface area (Å²) < 4.78 is 0.787. The summed E-state index contributed by atoms with van der Waals surface area (Å²) in [6, 6.07) is 1.71. The Bertz CT molecular complexity index is 388. The van der Waals surface area contributed by atoms with Crippen LogP contribution in [0.2, 0.25) is 5.02 Å². The highest BCUT2D eigenvalue weighted by Gasteiger charge is 2.08. The molecule has 0 aliphatic heterocycles. The smallest absolute Gasteiger partial charge is 0.226 e. The van der Waals surface area contributed by atoms with E-state index < -0.39 is 0 Å². The lowest BCUT2D eigenvalue weighted by atomic mass is 10.2. The average molecular weight is 322 g/mol. The first-order chi connectivity index (χ1) is 8.13. The Morgan fingerprint density at radius 3 is 2.94 bits per heavy atom. The number of halogens is 2. The molecule has 17 heavy (non-hydrogen) atoms. The van der Waals surface area contributed by atoms with E-state index in [2.05, 4.69) is 26.2 Å². The molecule has 1 amide bonds. The summed E-state index contributed by atoms with van der Waals surface area (Å²) in [5, 5.41) is 11.8. The first kappa shape index (κ1) is 14.4. The van der Waals surface area contributed by atoms with Crippen molar-refractivity contribution in [3.63, 3.8) is 0 Å². The third-order valence-electron chi connectivity index (χ3n) is 2.12. The summed E-state index contributed by atoms with van der Waals surface area (Å²) in [5.74, 6) is -0.111. The molecule has 0 aliphatic rings. The van der Waals surface area contributed by atoms with E-state index in [1.165, 1.54) is 0 Å². The molecular formula is C11H14BrClN2O2. The fourth-order valence-electron chi connectivity index (χ4n) is 1.25. The van der Waals surface area contributed by atoms with Gasteiger partial charge in [-0.2, -0.15) is 0 Å². The molecule has 0 spiro atoms. The molecule has 6 heteroatoms. The van der Waals surface area contributed by atoms with Crippen molar-refractivity contribution in [2.24, 2.45) is 0 Å². The molecule has 1 aromatic rings. The van der Waals surface area contributed by atoms with Crippen LogP contribution < -0.4 is 5.32 Å². The highest BCUT2D eigenvalue weighted by molar-refractivity contribution is 9.10. The summed E-state index contributed by atoms with van der Waals surface area (Å²) >= 11 is 9.20. The monoisotopic (exact) mass is 320 g/mol. The first-order valence-electron chi connectivity index (χ1n) is 5.31. The fraction of sp³-hybridized carbons (Fsp3) is 0.455. The van der Waals surface area contributed by atoms with Crippen LogP contribution in [0.3, 0.4) is 0 Å². The lowest BCUT2D eigenvalue weighted by molar-refractivity contribution is -0.120. The Morgan fingerprint density at radius 1 is 1.53 bits per heavy atom. The number of carbonyl (C=O) groups is 1. The second-order valence-corrected chi connectivity index (χ2v) is 4.86. The van der Waals surface area contributed by atoms with Gasteiger partial charge in [-0.25, -0.2) is 0 Å². The molecule has 0 bridgehead atoms. The van der Waals surface area contributed by atoms with Crippen LogP contribution in [-0.2, 0) is 11.2 Å². The Balaban J connectivity index is 2.40. The van der Waals surface area contributed by atoms with Crippen LogP contribution in [0.4, 0.5) is 0 Å². The number of aliphatic hydroxyl groups is 1. The lowest BCUT2D eigenvalue weighted by Gasteiger charge is -2.05. The zero-order valence-electron chi connectivity index (χ0n) is 9.25. The molecule has 94 valence electrons. The van der Waals surface area contributed by atoms with Crippen molar-refractivity contribution in [2.75, 3.05) is 13.2 Å². The number of carbonyl (C=O) groups excluding carboxylic acids is 1. The zero-order valence-corrected chi connectivity index (χ0v) is 11.6. The SMILES string of the molecule is O=C(Cc1ncc(Br)cc1Cl)NCCCCO. The fourth-order valence-corrected chi connectivity index (χ4v) is 1.95. The minimum atomic E-state index is -0.111. The first-order valence-corrected chi connectivity index (χ1v) is 6.48. The number of aliphatic hydroxyl groups excluding tert-OH is 1. The Hall–Kier alpha value is -0.650. The van der Waals surface area contributed by atoms with Crippen LogP contribution in [0.25, 0.3) is 0 Å². The van der Waals surface area contributed by atoms with E-state index in [0.29, 0.717) is 23.7 Å². The standard InChI is InChI=1S/C11H14BrClN2O2/c12-8-5-9(13)10(15-7-8)6-11(17)14-3-1-2-4-16/h5,7,16H,1-4,6H2,(H,14,17). The molecule has 1 heterocycles. The maximum Gasteiger partial charge on any atom is 0.226 e. The summed E-state index contributed by atoms with van der Waals surface area (Å²) in [4.78, 5) is 15.6. The van der Waals surface area contributed by atoms with E-state index in [9.17, 15) is 4.79 Å². The van der Waals surface area contributed by atoms with Gasteiger partial charge in [-0.3, -0.25) is 9.78 Å². The van der Waals surface area contributed by atoms with Crippen molar-refractivity contribution in [3.05, 3.63) is 27.5 Å². The third kappa shape index (κ3) is 5.48. The molecule has 0 radical (unpaired) electrons. The van der Waals surface area contributed by atoms with Crippen molar-refractivity contribution >= 4 is 33.4 Å². The number of rotatable bonds is 6. The van der Waals surface area contributed by atoms with Gasteiger partial charge < -0.3 is 10.4 Å². The molecular weight excluding hydrogens is 307 g/mol. The van der Waals surface area contributed by atoms with Crippen LogP contribution in [0.15, 0.2) is 16.7 Å². The lowest BCUT2D eigenvalue weighted by Crippen LogP contribution is -2.26. The van der Waals surface area contributed by atoms with Gasteiger partial charge in [0.05, 0.1) is 17.1 Å².